The van der Waals surface area contributed by atoms with Crippen LogP contribution in [0, 0.1) is 6.92 Å². The van der Waals surface area contributed by atoms with Crippen molar-refractivity contribution in [1.29, 1.82) is 0 Å². The molecule has 1 fully saturated rings. The average Bonchev–Trinajstić information content (AvgIpc) is 2.47. The van der Waals surface area contributed by atoms with Crippen LogP contribution in [0.3, 0.4) is 0 Å². The van der Waals surface area contributed by atoms with E-state index in [1.807, 2.05) is 13.0 Å². The van der Waals surface area contributed by atoms with Crippen LogP contribution in [0.2, 0.25) is 0 Å². The van der Waals surface area contributed by atoms with Crippen molar-refractivity contribution < 1.29 is 17.9 Å². The normalized spacial score (nSPS) is 17.5. The maximum Gasteiger partial charge on any atom is 0.241 e. The van der Waals surface area contributed by atoms with Crippen LogP contribution in [0.4, 0.5) is 0 Å². The number of nitrogens with zero attached hydrogens (tertiary/aromatic N) is 1. The van der Waals surface area contributed by atoms with E-state index in [9.17, 15) is 13.2 Å². The minimum Gasteiger partial charge on any atom is -0.378 e. The molecule has 1 aliphatic rings. The number of aryl methyl sites for hydroxylation is 1. The molecular formula is C14H20N2O4S. The Bertz CT molecular complexity index is 609. The van der Waals surface area contributed by atoms with Crippen LogP contribution < -0.4 is 4.72 Å². The Hall–Kier alpha value is -1.44. The number of hydrogen-bond donors (Lipinski definition) is 1. The van der Waals surface area contributed by atoms with E-state index < -0.39 is 16.1 Å². The average molecular weight is 312 g/mol. The van der Waals surface area contributed by atoms with Crippen LogP contribution in [0.5, 0.6) is 0 Å². The SMILES string of the molecule is Cc1cccc(S(=O)(=O)N[C@@H](C)C(=O)N2CCOCC2)c1. The number of nitrogens with one attached hydrogen (secondary N) is 1. The number of hydrogen-bond acceptors (Lipinski definition) is 4. The molecule has 0 unspecified atom stereocenters. The molecule has 1 atom stereocenters. The van der Waals surface area contributed by atoms with Gasteiger partial charge in [0.05, 0.1) is 24.2 Å². The van der Waals surface area contributed by atoms with Gasteiger partial charge in [-0.15, -0.1) is 0 Å². The number of amides is 1. The van der Waals surface area contributed by atoms with Crippen molar-refractivity contribution in [3.63, 3.8) is 0 Å². The summed E-state index contributed by atoms with van der Waals surface area (Å²) in [6.45, 7) is 5.35. The molecule has 0 saturated carbocycles. The van der Waals surface area contributed by atoms with E-state index in [1.54, 1.807) is 24.0 Å². The second-order valence-electron chi connectivity index (χ2n) is 5.10. The van der Waals surface area contributed by atoms with E-state index >= 15 is 0 Å². The Morgan fingerprint density at radius 1 is 1.33 bits per heavy atom. The molecule has 7 heteroatoms. The van der Waals surface area contributed by atoms with Crippen LogP contribution in [0.25, 0.3) is 0 Å². The first-order valence-electron chi connectivity index (χ1n) is 6.86. The van der Waals surface area contributed by atoms with Gasteiger partial charge in [-0.1, -0.05) is 12.1 Å². The molecule has 0 bridgehead atoms. The van der Waals surface area contributed by atoms with Crippen molar-refractivity contribution in [2.45, 2.75) is 24.8 Å². The van der Waals surface area contributed by atoms with E-state index in [4.69, 9.17) is 4.74 Å². The molecule has 1 aromatic rings. The largest absolute Gasteiger partial charge is 0.378 e. The summed E-state index contributed by atoms with van der Waals surface area (Å²) in [5.41, 5.74) is 0.852. The molecule has 1 saturated heterocycles. The van der Waals surface area contributed by atoms with Crippen molar-refractivity contribution in [2.24, 2.45) is 0 Å². The zero-order valence-corrected chi connectivity index (χ0v) is 13.0. The maximum atomic E-state index is 12.3. The Labute approximate surface area is 125 Å². The van der Waals surface area contributed by atoms with Crippen molar-refractivity contribution in [1.82, 2.24) is 9.62 Å². The first-order valence-corrected chi connectivity index (χ1v) is 8.34. The summed E-state index contributed by atoms with van der Waals surface area (Å²) in [4.78, 5) is 14.0. The maximum absolute atomic E-state index is 12.3. The molecule has 0 radical (unpaired) electrons. The number of rotatable bonds is 4. The summed E-state index contributed by atoms with van der Waals surface area (Å²) in [6, 6.07) is 5.79. The molecule has 1 aliphatic heterocycles. The second kappa shape index (κ2) is 6.55. The van der Waals surface area contributed by atoms with E-state index in [-0.39, 0.29) is 10.8 Å². The predicted molar refractivity (Wildman–Crippen MR) is 78.4 cm³/mol. The van der Waals surface area contributed by atoms with Crippen LogP contribution in [0.15, 0.2) is 29.2 Å². The van der Waals surface area contributed by atoms with Crippen molar-refractivity contribution in [3.8, 4) is 0 Å². The van der Waals surface area contributed by atoms with Crippen LogP contribution >= 0.6 is 0 Å². The minimum atomic E-state index is -3.69. The lowest BCUT2D eigenvalue weighted by Gasteiger charge is -2.29. The van der Waals surface area contributed by atoms with Crippen molar-refractivity contribution >= 4 is 15.9 Å². The van der Waals surface area contributed by atoms with Gasteiger partial charge in [-0.25, -0.2) is 8.42 Å². The zero-order chi connectivity index (χ0) is 15.5. The molecule has 21 heavy (non-hydrogen) atoms. The van der Waals surface area contributed by atoms with Crippen LogP contribution in [-0.4, -0.2) is 51.6 Å². The molecule has 6 nitrogen and oxygen atoms in total. The standard InChI is InChI=1S/C14H20N2O4S/c1-11-4-3-5-13(10-11)21(18,19)15-12(2)14(17)16-6-8-20-9-7-16/h3-5,10,12,15H,6-9H2,1-2H3/t12-/m0/s1. The third kappa shape index (κ3) is 4.03. The Morgan fingerprint density at radius 2 is 2.00 bits per heavy atom. The summed E-state index contributed by atoms with van der Waals surface area (Å²) in [7, 11) is -3.69. The fraction of sp³-hybridized carbons (Fsp3) is 0.500. The third-order valence-electron chi connectivity index (χ3n) is 3.32. The summed E-state index contributed by atoms with van der Waals surface area (Å²) in [5, 5.41) is 0. The zero-order valence-electron chi connectivity index (χ0n) is 12.2. The highest BCUT2D eigenvalue weighted by molar-refractivity contribution is 7.89. The molecule has 1 aromatic carbocycles. The van der Waals surface area contributed by atoms with Crippen LogP contribution in [0.1, 0.15) is 12.5 Å². The van der Waals surface area contributed by atoms with E-state index in [0.717, 1.165) is 5.56 Å². The number of benzene rings is 1. The lowest BCUT2D eigenvalue weighted by molar-refractivity contribution is -0.136. The lowest BCUT2D eigenvalue weighted by atomic mass is 10.2. The summed E-state index contributed by atoms with van der Waals surface area (Å²) >= 11 is 0. The van der Waals surface area contributed by atoms with Gasteiger partial charge in [-0.3, -0.25) is 4.79 Å². The number of ether oxygens (including phenoxy) is 1. The third-order valence-corrected chi connectivity index (χ3v) is 4.86. The highest BCUT2D eigenvalue weighted by Gasteiger charge is 2.26. The molecule has 2 rings (SSSR count). The van der Waals surface area contributed by atoms with E-state index in [1.165, 1.54) is 6.07 Å². The monoisotopic (exact) mass is 312 g/mol. The summed E-state index contributed by atoms with van der Waals surface area (Å²) in [6.07, 6.45) is 0. The van der Waals surface area contributed by atoms with Crippen molar-refractivity contribution in [3.05, 3.63) is 29.8 Å². The van der Waals surface area contributed by atoms with Gasteiger partial charge in [0.15, 0.2) is 0 Å². The van der Waals surface area contributed by atoms with Gasteiger partial charge in [-0.2, -0.15) is 4.72 Å². The molecule has 1 N–H and O–H groups in total. The van der Waals surface area contributed by atoms with Gasteiger partial charge in [0.1, 0.15) is 0 Å². The number of carbonyl (C=O) groups excluding carboxylic acids is 1. The predicted octanol–water partition coefficient (Wildman–Crippen LogP) is 0.521. The van der Waals surface area contributed by atoms with Gasteiger partial charge in [0, 0.05) is 13.1 Å². The first-order chi connectivity index (χ1) is 9.90. The van der Waals surface area contributed by atoms with Crippen molar-refractivity contribution in [2.75, 3.05) is 26.3 Å². The van der Waals surface area contributed by atoms with Gasteiger partial charge >= 0.3 is 0 Å². The Morgan fingerprint density at radius 3 is 2.62 bits per heavy atom. The molecule has 0 spiro atoms. The molecular weight excluding hydrogens is 292 g/mol. The quantitative estimate of drug-likeness (QED) is 0.879. The lowest BCUT2D eigenvalue weighted by Crippen LogP contribution is -2.50. The second-order valence-corrected chi connectivity index (χ2v) is 6.81. The van der Waals surface area contributed by atoms with Gasteiger partial charge < -0.3 is 9.64 Å². The van der Waals surface area contributed by atoms with E-state index in [0.29, 0.717) is 26.3 Å². The van der Waals surface area contributed by atoms with Crippen LogP contribution in [-0.2, 0) is 19.6 Å². The van der Waals surface area contributed by atoms with Gasteiger partial charge in [0.2, 0.25) is 15.9 Å². The smallest absolute Gasteiger partial charge is 0.241 e. The molecule has 116 valence electrons. The first kappa shape index (κ1) is 15.9. The highest BCUT2D eigenvalue weighted by atomic mass is 32.2. The summed E-state index contributed by atoms with van der Waals surface area (Å²) < 4.78 is 32.2. The molecule has 1 heterocycles. The summed E-state index contributed by atoms with van der Waals surface area (Å²) in [5.74, 6) is -0.227. The number of sulfonamides is 1. The topological polar surface area (TPSA) is 75.7 Å². The Kier molecular flexibility index (Phi) is 4.97. The minimum absolute atomic E-state index is 0.170. The fourth-order valence-corrected chi connectivity index (χ4v) is 3.49. The van der Waals surface area contributed by atoms with Gasteiger partial charge in [0.25, 0.3) is 0 Å². The molecule has 0 aromatic heterocycles. The number of morpholine rings is 1. The fourth-order valence-electron chi connectivity index (χ4n) is 2.19. The number of carbonyl (C=O) groups is 1. The van der Waals surface area contributed by atoms with Gasteiger partial charge in [-0.05, 0) is 31.5 Å². The molecule has 0 aliphatic carbocycles. The highest BCUT2D eigenvalue weighted by Crippen LogP contribution is 2.12. The van der Waals surface area contributed by atoms with E-state index in [2.05, 4.69) is 4.72 Å². The Balaban J connectivity index is 2.07. The molecule has 1 amide bonds.